The van der Waals surface area contributed by atoms with Gasteiger partial charge in [0.2, 0.25) is 0 Å². The number of halogens is 3. The highest BCUT2D eigenvalue weighted by atomic mass is 127. The molecule has 0 unspecified atom stereocenters. The highest BCUT2D eigenvalue weighted by Gasteiger charge is 2.08. The van der Waals surface area contributed by atoms with Crippen molar-refractivity contribution in [2.75, 3.05) is 20.1 Å². The molecule has 0 aliphatic carbocycles. The third-order valence-corrected chi connectivity index (χ3v) is 4.15. The van der Waals surface area contributed by atoms with Crippen molar-refractivity contribution in [2.45, 2.75) is 6.54 Å². The Morgan fingerprint density at radius 3 is 2.19 bits per heavy atom. The molecule has 0 spiro atoms. The number of rotatable bonds is 6. The molecule has 0 heterocycles. The van der Waals surface area contributed by atoms with Crippen LogP contribution in [0.5, 0.6) is 0 Å². The molecule has 3 N–H and O–H groups in total. The summed E-state index contributed by atoms with van der Waals surface area (Å²) in [6, 6.07) is 14.6. The zero-order valence-corrected chi connectivity index (χ0v) is 18.1. The molecule has 0 aliphatic rings. The number of hydrogen-bond acceptors (Lipinski definition) is 2. The number of benzene rings is 2. The first kappa shape index (κ1) is 22.5. The standard InChI is InChI=1S/C18H20Cl2N4O.HI/c1-21-18(24-12-13-6-2-4-8-15(13)19)23-11-10-22-17(25)14-7-3-5-9-16(14)20;/h2-9H,10-12H2,1H3,(H,22,25)(H2,21,23,24);1H. The third kappa shape index (κ3) is 7.01. The van der Waals surface area contributed by atoms with Gasteiger partial charge in [-0.15, -0.1) is 24.0 Å². The number of amides is 1. The molecule has 0 saturated carbocycles. The van der Waals surface area contributed by atoms with E-state index in [0.29, 0.717) is 41.2 Å². The Labute approximate surface area is 180 Å². The van der Waals surface area contributed by atoms with Gasteiger partial charge < -0.3 is 16.0 Å². The Balaban J connectivity index is 0.00000338. The zero-order valence-electron chi connectivity index (χ0n) is 14.3. The minimum absolute atomic E-state index is 0. The number of guanidine groups is 1. The summed E-state index contributed by atoms with van der Waals surface area (Å²) in [6.45, 7) is 1.53. The fraction of sp³-hybridized carbons (Fsp3) is 0.222. The van der Waals surface area contributed by atoms with Crippen LogP contribution in [-0.4, -0.2) is 32.0 Å². The highest BCUT2D eigenvalue weighted by Crippen LogP contribution is 2.14. The van der Waals surface area contributed by atoms with E-state index in [2.05, 4.69) is 20.9 Å². The summed E-state index contributed by atoms with van der Waals surface area (Å²) in [4.78, 5) is 16.2. The van der Waals surface area contributed by atoms with Crippen molar-refractivity contribution in [3.8, 4) is 0 Å². The van der Waals surface area contributed by atoms with Crippen molar-refractivity contribution in [1.82, 2.24) is 16.0 Å². The smallest absolute Gasteiger partial charge is 0.252 e. The Bertz CT molecular complexity index is 755. The van der Waals surface area contributed by atoms with Crippen molar-refractivity contribution in [1.29, 1.82) is 0 Å². The van der Waals surface area contributed by atoms with Gasteiger partial charge in [0.25, 0.3) is 5.91 Å². The van der Waals surface area contributed by atoms with Crippen molar-refractivity contribution in [3.63, 3.8) is 0 Å². The van der Waals surface area contributed by atoms with Crippen molar-refractivity contribution < 1.29 is 4.79 Å². The summed E-state index contributed by atoms with van der Waals surface area (Å²) >= 11 is 12.1. The molecule has 8 heteroatoms. The Morgan fingerprint density at radius 2 is 1.54 bits per heavy atom. The summed E-state index contributed by atoms with van der Waals surface area (Å²) in [5, 5.41) is 10.3. The minimum Gasteiger partial charge on any atom is -0.355 e. The molecule has 0 radical (unpaired) electrons. The molecule has 0 fully saturated rings. The first-order valence-corrected chi connectivity index (χ1v) is 8.58. The number of nitrogens with one attached hydrogen (secondary N) is 3. The Kier molecular flexibility index (Phi) is 10.4. The molecule has 0 saturated heterocycles. The second kappa shape index (κ2) is 12.0. The number of aliphatic imine (C=N–C) groups is 1. The quantitative estimate of drug-likeness (QED) is 0.242. The SMILES string of the molecule is CN=C(NCCNC(=O)c1ccccc1Cl)NCc1ccccc1Cl.I. The minimum atomic E-state index is -0.202. The van der Waals surface area contributed by atoms with Gasteiger partial charge in [0.15, 0.2) is 5.96 Å². The first-order chi connectivity index (χ1) is 12.1. The largest absolute Gasteiger partial charge is 0.355 e. The van der Waals surface area contributed by atoms with Crippen molar-refractivity contribution in [3.05, 3.63) is 69.7 Å². The molecule has 0 bridgehead atoms. The van der Waals surface area contributed by atoms with Gasteiger partial charge in [-0.1, -0.05) is 53.5 Å². The lowest BCUT2D eigenvalue weighted by atomic mass is 10.2. The number of carbonyl (C=O) groups is 1. The van der Waals surface area contributed by atoms with Gasteiger partial charge in [-0.05, 0) is 23.8 Å². The van der Waals surface area contributed by atoms with Crippen LogP contribution in [-0.2, 0) is 6.54 Å². The molecule has 1 amide bonds. The van der Waals surface area contributed by atoms with Crippen molar-refractivity contribution in [2.24, 2.45) is 4.99 Å². The van der Waals surface area contributed by atoms with E-state index in [1.165, 1.54) is 0 Å². The van der Waals surface area contributed by atoms with E-state index in [4.69, 9.17) is 23.2 Å². The van der Waals surface area contributed by atoms with Crippen LogP contribution >= 0.6 is 47.2 Å². The molecule has 0 aromatic heterocycles. The summed E-state index contributed by atoms with van der Waals surface area (Å²) in [5.74, 6) is 0.429. The van der Waals surface area contributed by atoms with Gasteiger partial charge in [-0.3, -0.25) is 9.79 Å². The van der Waals surface area contributed by atoms with Gasteiger partial charge in [-0.25, -0.2) is 0 Å². The molecule has 2 aromatic carbocycles. The van der Waals surface area contributed by atoms with Crippen LogP contribution in [0.3, 0.4) is 0 Å². The second-order valence-corrected chi connectivity index (χ2v) is 5.99. The second-order valence-electron chi connectivity index (χ2n) is 5.18. The summed E-state index contributed by atoms with van der Waals surface area (Å²) < 4.78 is 0. The van der Waals surface area contributed by atoms with E-state index in [-0.39, 0.29) is 29.9 Å². The van der Waals surface area contributed by atoms with Gasteiger partial charge in [0.1, 0.15) is 0 Å². The topological polar surface area (TPSA) is 65.5 Å². The Morgan fingerprint density at radius 1 is 0.923 bits per heavy atom. The van der Waals surface area contributed by atoms with Crippen LogP contribution in [0.15, 0.2) is 53.5 Å². The van der Waals surface area contributed by atoms with E-state index in [0.717, 1.165) is 5.56 Å². The lowest BCUT2D eigenvalue weighted by Gasteiger charge is -2.13. The predicted octanol–water partition coefficient (Wildman–Crippen LogP) is 3.71. The van der Waals surface area contributed by atoms with Gasteiger partial charge in [0, 0.05) is 31.7 Å². The number of carbonyl (C=O) groups excluding carboxylic acids is 1. The Hall–Kier alpha value is -1.51. The summed E-state index contributed by atoms with van der Waals surface area (Å²) in [6.07, 6.45) is 0. The van der Waals surface area contributed by atoms with E-state index >= 15 is 0 Å². The fourth-order valence-corrected chi connectivity index (χ4v) is 2.56. The molecule has 140 valence electrons. The van der Waals surface area contributed by atoms with E-state index in [1.54, 1.807) is 31.3 Å². The zero-order chi connectivity index (χ0) is 18.1. The van der Waals surface area contributed by atoms with Crippen LogP contribution in [0.1, 0.15) is 15.9 Å². The molecule has 2 aromatic rings. The molecule has 0 atom stereocenters. The number of hydrogen-bond donors (Lipinski definition) is 3. The lowest BCUT2D eigenvalue weighted by molar-refractivity contribution is 0.0954. The highest BCUT2D eigenvalue weighted by molar-refractivity contribution is 14.0. The molecule has 26 heavy (non-hydrogen) atoms. The number of nitrogens with zero attached hydrogens (tertiary/aromatic N) is 1. The van der Waals surface area contributed by atoms with Crippen LogP contribution in [0.4, 0.5) is 0 Å². The molecule has 5 nitrogen and oxygen atoms in total. The monoisotopic (exact) mass is 506 g/mol. The predicted molar refractivity (Wildman–Crippen MR) is 119 cm³/mol. The summed E-state index contributed by atoms with van der Waals surface area (Å²) in [7, 11) is 1.68. The van der Waals surface area contributed by atoms with Gasteiger partial charge in [0.05, 0.1) is 10.6 Å². The lowest BCUT2D eigenvalue weighted by Crippen LogP contribution is -2.41. The van der Waals surface area contributed by atoms with Crippen LogP contribution < -0.4 is 16.0 Å². The van der Waals surface area contributed by atoms with Gasteiger partial charge >= 0.3 is 0 Å². The maximum atomic E-state index is 12.0. The molecular formula is C18H21Cl2IN4O. The van der Waals surface area contributed by atoms with Crippen LogP contribution in [0.2, 0.25) is 10.0 Å². The molecule has 0 aliphatic heterocycles. The molecular weight excluding hydrogens is 486 g/mol. The average Bonchev–Trinajstić information content (AvgIpc) is 2.62. The first-order valence-electron chi connectivity index (χ1n) is 7.82. The van der Waals surface area contributed by atoms with E-state index in [9.17, 15) is 4.79 Å². The summed E-state index contributed by atoms with van der Waals surface area (Å²) in [5.41, 5.74) is 1.45. The van der Waals surface area contributed by atoms with Gasteiger partial charge in [-0.2, -0.15) is 0 Å². The van der Waals surface area contributed by atoms with Crippen LogP contribution in [0, 0.1) is 0 Å². The maximum Gasteiger partial charge on any atom is 0.252 e. The third-order valence-electron chi connectivity index (χ3n) is 3.45. The molecule has 2 rings (SSSR count). The van der Waals surface area contributed by atoms with Crippen molar-refractivity contribution >= 4 is 59.0 Å². The fourth-order valence-electron chi connectivity index (χ4n) is 2.14. The maximum absolute atomic E-state index is 12.0. The van der Waals surface area contributed by atoms with E-state index in [1.807, 2.05) is 24.3 Å². The normalized spacial score (nSPS) is 10.7. The average molecular weight is 507 g/mol. The van der Waals surface area contributed by atoms with E-state index < -0.39 is 0 Å². The van der Waals surface area contributed by atoms with Crippen LogP contribution in [0.25, 0.3) is 0 Å².